The monoisotopic (exact) mass is 223 g/mol. The predicted octanol–water partition coefficient (Wildman–Crippen LogP) is 2.87. The molecular formula is C11H14ClN3. The second-order valence-electron chi connectivity index (χ2n) is 4.64. The Kier molecular flexibility index (Phi) is 2.15. The normalized spacial score (nSPS) is 12.3. The summed E-state index contributed by atoms with van der Waals surface area (Å²) in [6.07, 6.45) is 0. The molecule has 2 rings (SSSR count). The van der Waals surface area contributed by atoms with E-state index in [9.17, 15) is 0 Å². The molecule has 0 unspecified atom stereocenters. The number of nitrogens with two attached hydrogens (primary N) is 1. The summed E-state index contributed by atoms with van der Waals surface area (Å²) in [5.74, 6) is 1.42. The van der Waals surface area contributed by atoms with E-state index in [2.05, 4.69) is 25.8 Å². The fraction of sp³-hybridized carbons (Fsp3) is 0.364. The van der Waals surface area contributed by atoms with Crippen molar-refractivity contribution in [3.8, 4) is 0 Å². The number of hydrogen-bond acceptors (Lipinski definition) is 2. The third-order valence-corrected chi connectivity index (χ3v) is 2.61. The van der Waals surface area contributed by atoms with Gasteiger partial charge in [-0.1, -0.05) is 38.4 Å². The molecular weight excluding hydrogens is 210 g/mol. The minimum absolute atomic E-state index is 0.0778. The lowest BCUT2D eigenvalue weighted by Gasteiger charge is -2.17. The van der Waals surface area contributed by atoms with Gasteiger partial charge in [0.15, 0.2) is 0 Å². The number of rotatable bonds is 0. The number of hydrogen-bond donors (Lipinski definition) is 1. The van der Waals surface area contributed by atoms with Gasteiger partial charge in [-0.2, -0.15) is 0 Å². The van der Waals surface area contributed by atoms with Crippen LogP contribution in [0, 0.1) is 0 Å². The Morgan fingerprint density at radius 3 is 2.60 bits per heavy atom. The van der Waals surface area contributed by atoms with E-state index >= 15 is 0 Å². The maximum Gasteiger partial charge on any atom is 0.149 e. The molecule has 0 aliphatic rings. The van der Waals surface area contributed by atoms with E-state index in [1.807, 2.05) is 22.6 Å². The zero-order valence-corrected chi connectivity index (χ0v) is 9.84. The number of nitrogen functional groups attached to an aromatic ring is 1. The number of imidazole rings is 1. The van der Waals surface area contributed by atoms with Crippen molar-refractivity contribution < 1.29 is 0 Å². The summed E-state index contributed by atoms with van der Waals surface area (Å²) in [7, 11) is 0. The summed E-state index contributed by atoms with van der Waals surface area (Å²) >= 11 is 6.15. The highest BCUT2D eigenvalue weighted by atomic mass is 35.5. The zero-order chi connectivity index (χ0) is 11.2. The molecule has 80 valence electrons. The van der Waals surface area contributed by atoms with Crippen molar-refractivity contribution in [2.75, 3.05) is 5.73 Å². The Morgan fingerprint density at radius 2 is 2.00 bits per heavy atom. The zero-order valence-electron chi connectivity index (χ0n) is 9.08. The first kappa shape index (κ1) is 10.3. The first-order valence-electron chi connectivity index (χ1n) is 4.84. The van der Waals surface area contributed by atoms with Crippen LogP contribution in [-0.4, -0.2) is 9.38 Å². The van der Waals surface area contributed by atoms with Gasteiger partial charge < -0.3 is 5.73 Å². The quantitative estimate of drug-likeness (QED) is 0.698. The minimum Gasteiger partial charge on any atom is -0.382 e. The lowest BCUT2D eigenvalue weighted by molar-refractivity contribution is 0.543. The van der Waals surface area contributed by atoms with E-state index in [0.29, 0.717) is 11.0 Å². The van der Waals surface area contributed by atoms with Crippen LogP contribution in [0.2, 0.25) is 5.15 Å². The van der Waals surface area contributed by atoms with Gasteiger partial charge in [-0.3, -0.25) is 4.40 Å². The molecule has 15 heavy (non-hydrogen) atoms. The molecule has 0 saturated carbocycles. The van der Waals surface area contributed by atoms with Crippen molar-refractivity contribution in [2.24, 2.45) is 0 Å². The molecule has 0 atom stereocenters. The van der Waals surface area contributed by atoms with Crippen molar-refractivity contribution in [3.05, 3.63) is 29.2 Å². The summed E-state index contributed by atoms with van der Waals surface area (Å²) in [6, 6.07) is 5.64. The van der Waals surface area contributed by atoms with Gasteiger partial charge >= 0.3 is 0 Å². The Bertz CT molecular complexity index is 508. The maximum atomic E-state index is 6.15. The molecule has 0 saturated heterocycles. The second-order valence-corrected chi connectivity index (χ2v) is 5.03. The van der Waals surface area contributed by atoms with Crippen LogP contribution in [0.4, 0.5) is 5.82 Å². The van der Waals surface area contributed by atoms with E-state index in [4.69, 9.17) is 17.3 Å². The number of pyridine rings is 1. The van der Waals surface area contributed by atoms with Gasteiger partial charge in [-0.15, -0.1) is 0 Å². The lowest BCUT2D eigenvalue weighted by Crippen LogP contribution is -2.16. The molecule has 4 heteroatoms. The van der Waals surface area contributed by atoms with Crippen LogP contribution in [0.25, 0.3) is 5.52 Å². The molecule has 2 aromatic heterocycles. The molecule has 0 spiro atoms. The smallest absolute Gasteiger partial charge is 0.149 e. The summed E-state index contributed by atoms with van der Waals surface area (Å²) in [5.41, 5.74) is 6.64. The minimum atomic E-state index is -0.0778. The highest BCUT2D eigenvalue weighted by Crippen LogP contribution is 2.28. The number of anilines is 1. The molecule has 0 aromatic carbocycles. The van der Waals surface area contributed by atoms with Gasteiger partial charge in [0.25, 0.3) is 0 Å². The SMILES string of the molecule is CC(C)(C)c1nc(N)c2cccc(Cl)n12. The third-order valence-electron chi connectivity index (χ3n) is 2.31. The summed E-state index contributed by atoms with van der Waals surface area (Å²) in [4.78, 5) is 4.38. The van der Waals surface area contributed by atoms with Gasteiger partial charge in [0, 0.05) is 5.41 Å². The third kappa shape index (κ3) is 1.57. The molecule has 3 nitrogen and oxygen atoms in total. The van der Waals surface area contributed by atoms with Crippen LogP contribution >= 0.6 is 11.6 Å². The molecule has 0 fully saturated rings. The predicted molar refractivity (Wildman–Crippen MR) is 63.3 cm³/mol. The fourth-order valence-electron chi connectivity index (χ4n) is 1.62. The van der Waals surface area contributed by atoms with Gasteiger partial charge in [-0.05, 0) is 12.1 Å². The van der Waals surface area contributed by atoms with Crippen molar-refractivity contribution in [3.63, 3.8) is 0 Å². The van der Waals surface area contributed by atoms with Crippen LogP contribution in [0.3, 0.4) is 0 Å². The maximum absolute atomic E-state index is 6.15. The summed E-state index contributed by atoms with van der Waals surface area (Å²) in [6.45, 7) is 6.26. The van der Waals surface area contributed by atoms with Gasteiger partial charge in [0.2, 0.25) is 0 Å². The topological polar surface area (TPSA) is 43.3 Å². The first-order valence-corrected chi connectivity index (χ1v) is 5.22. The molecule has 2 heterocycles. The van der Waals surface area contributed by atoms with E-state index in [0.717, 1.165) is 11.3 Å². The Morgan fingerprint density at radius 1 is 1.33 bits per heavy atom. The van der Waals surface area contributed by atoms with Crippen molar-refractivity contribution in [1.82, 2.24) is 9.38 Å². The van der Waals surface area contributed by atoms with E-state index in [1.165, 1.54) is 0 Å². The highest BCUT2D eigenvalue weighted by molar-refractivity contribution is 6.29. The number of halogens is 1. The van der Waals surface area contributed by atoms with Crippen molar-refractivity contribution >= 4 is 22.9 Å². The average Bonchev–Trinajstić information content (AvgIpc) is 2.45. The van der Waals surface area contributed by atoms with Crippen LogP contribution in [-0.2, 0) is 5.41 Å². The highest BCUT2D eigenvalue weighted by Gasteiger charge is 2.22. The van der Waals surface area contributed by atoms with E-state index in [1.54, 1.807) is 0 Å². The van der Waals surface area contributed by atoms with Gasteiger partial charge in [-0.25, -0.2) is 4.98 Å². The first-order chi connectivity index (χ1) is 6.91. The number of fused-ring (bicyclic) bond motifs is 1. The Labute approximate surface area is 93.9 Å². The van der Waals surface area contributed by atoms with Crippen LogP contribution in [0.15, 0.2) is 18.2 Å². The molecule has 2 aromatic rings. The molecule has 0 bridgehead atoms. The van der Waals surface area contributed by atoms with Crippen molar-refractivity contribution in [1.29, 1.82) is 0 Å². The second kappa shape index (κ2) is 3.14. The van der Waals surface area contributed by atoms with Crippen LogP contribution in [0.5, 0.6) is 0 Å². The van der Waals surface area contributed by atoms with Crippen LogP contribution in [0.1, 0.15) is 26.6 Å². The lowest BCUT2D eigenvalue weighted by atomic mass is 9.96. The van der Waals surface area contributed by atoms with E-state index < -0.39 is 0 Å². The van der Waals surface area contributed by atoms with Gasteiger partial charge in [0.05, 0.1) is 5.52 Å². The molecule has 2 N–H and O–H groups in total. The molecule has 0 radical (unpaired) electrons. The molecule has 0 aliphatic carbocycles. The fourth-order valence-corrected chi connectivity index (χ4v) is 1.87. The summed E-state index contributed by atoms with van der Waals surface area (Å²) in [5, 5.41) is 0.640. The molecule has 0 aliphatic heterocycles. The standard InChI is InChI=1S/C11H14ClN3/c1-11(2,3)10-14-9(13)7-5-4-6-8(12)15(7)10/h4-6H,13H2,1-3H3. The summed E-state index contributed by atoms with van der Waals surface area (Å²) < 4.78 is 1.90. The number of aromatic nitrogens is 2. The van der Waals surface area contributed by atoms with Gasteiger partial charge in [0.1, 0.15) is 16.8 Å². The number of nitrogens with zero attached hydrogens (tertiary/aromatic N) is 2. The van der Waals surface area contributed by atoms with Crippen molar-refractivity contribution in [2.45, 2.75) is 26.2 Å². The Balaban J connectivity index is 2.88. The van der Waals surface area contributed by atoms with E-state index in [-0.39, 0.29) is 5.41 Å². The molecule has 0 amide bonds. The Hall–Kier alpha value is -1.22. The van der Waals surface area contributed by atoms with Crippen LogP contribution < -0.4 is 5.73 Å². The largest absolute Gasteiger partial charge is 0.382 e. The average molecular weight is 224 g/mol.